The summed E-state index contributed by atoms with van der Waals surface area (Å²) in [5.74, 6) is -4.00. The summed E-state index contributed by atoms with van der Waals surface area (Å²) in [5.41, 5.74) is 9.59. The molecule has 6 atom stereocenters. The molecule has 312 valence electrons. The Labute approximate surface area is 345 Å². The molecule has 4 aromatic carbocycles. The van der Waals surface area contributed by atoms with E-state index in [0.717, 1.165) is 29.7 Å². The molecule has 61 heavy (non-hydrogen) atoms. The van der Waals surface area contributed by atoms with Gasteiger partial charge < -0.3 is 16.2 Å². The van der Waals surface area contributed by atoms with Gasteiger partial charge in [-0.25, -0.2) is 32.3 Å². The zero-order valence-corrected chi connectivity index (χ0v) is 32.2. The average Bonchev–Trinajstić information content (AvgIpc) is 4.12. The van der Waals surface area contributed by atoms with Gasteiger partial charge in [0.05, 0.1) is 12.1 Å². The molecule has 2 aromatic heterocycles. The van der Waals surface area contributed by atoms with Gasteiger partial charge in [0.15, 0.2) is 11.6 Å². The Bertz CT molecular complexity index is 2640. The number of hydrogen-bond donors (Lipinski definition) is 5. The normalized spacial score (nSPS) is 21.7. The zero-order chi connectivity index (χ0) is 42.9. The number of nitrogens with zero attached hydrogens (tertiary/aromatic N) is 4. The van der Waals surface area contributed by atoms with Crippen LogP contribution in [0.5, 0.6) is 0 Å². The largest absolute Gasteiger partial charge is 0.475 e. The van der Waals surface area contributed by atoms with E-state index in [9.17, 15) is 36.7 Å². The quantitative estimate of drug-likeness (QED) is 0.131. The Kier molecular flexibility index (Phi) is 11.4. The van der Waals surface area contributed by atoms with Gasteiger partial charge in [-0.1, -0.05) is 60.7 Å². The van der Waals surface area contributed by atoms with Gasteiger partial charge in [-0.3, -0.25) is 24.6 Å². The third-order valence-corrected chi connectivity index (χ3v) is 11.4. The number of fused-ring (bicyclic) bond motifs is 6. The average molecular weight is 835 g/mol. The first-order valence-electron chi connectivity index (χ1n) is 19.5. The lowest BCUT2D eigenvalue weighted by atomic mass is 9.99. The van der Waals surface area contributed by atoms with Crippen LogP contribution in [0.15, 0.2) is 84.9 Å². The number of aromatic amines is 2. The van der Waals surface area contributed by atoms with Crippen molar-refractivity contribution in [1.29, 1.82) is 0 Å². The number of aromatic nitrogens is 6. The van der Waals surface area contributed by atoms with Crippen LogP contribution >= 0.6 is 0 Å². The first-order chi connectivity index (χ1) is 29.3. The number of Topliss-reactive ketones (excluding diaryl/α,β-unsaturated/α-hetero) is 2. The van der Waals surface area contributed by atoms with E-state index >= 15 is 0 Å². The second-order valence-electron chi connectivity index (χ2n) is 15.5. The maximum atomic E-state index is 14.2. The smallest absolute Gasteiger partial charge is 0.375 e. The standard InChI is InChI=1S/C22H18F2N4O2.C12H11F2NO.C10H9N3O2/c23-12-7-13-14-9-16(14)20(18(29)10-15(13)17(24)8-12)26-22(30)21-25-19(27-28-21)6-11-4-2-1-3-5-11;13-5-1-6-7-3-9(7)12(15)11(16)4-8(6)10(14)2-5;14-10(15)9-11-8(12-13-9)6-7-4-2-1-3-5-7/h1-5,7-8,14,16,20H,6,9-10H2,(H,26,30)(H,25,27,28);1-2,7,9,12H,3-4,15H2;1-5H,6H2,(H,14,15)(H,11,12,13)/t14-,16-,20-;7-,9-,12-;/m00./s1. The van der Waals surface area contributed by atoms with E-state index in [-0.39, 0.29) is 65.3 Å². The number of carboxylic acid groups (broad SMARTS) is 1. The molecule has 4 aliphatic carbocycles. The minimum atomic E-state index is -1.12. The predicted molar refractivity (Wildman–Crippen MR) is 209 cm³/mol. The topological polar surface area (TPSA) is 210 Å². The van der Waals surface area contributed by atoms with Crippen molar-refractivity contribution >= 4 is 23.4 Å². The Morgan fingerprint density at radius 1 is 0.689 bits per heavy atom. The van der Waals surface area contributed by atoms with Gasteiger partial charge in [-0.15, -0.1) is 10.2 Å². The lowest BCUT2D eigenvalue weighted by Crippen LogP contribution is -2.43. The molecule has 0 spiro atoms. The van der Waals surface area contributed by atoms with Crippen molar-refractivity contribution in [2.24, 2.45) is 17.6 Å². The summed E-state index contributed by atoms with van der Waals surface area (Å²) < 4.78 is 54.6. The molecule has 2 saturated carbocycles. The highest BCUT2D eigenvalue weighted by Crippen LogP contribution is 2.54. The number of carbonyl (C=O) groups is 4. The number of hydrogen-bond acceptors (Lipinski definition) is 9. The summed E-state index contributed by atoms with van der Waals surface area (Å²) in [6.45, 7) is 0. The number of carboxylic acids is 1. The second-order valence-corrected chi connectivity index (χ2v) is 15.5. The molecule has 2 heterocycles. The van der Waals surface area contributed by atoms with Crippen LogP contribution in [0.25, 0.3) is 0 Å². The van der Waals surface area contributed by atoms with Gasteiger partial charge >= 0.3 is 5.97 Å². The first-order valence-corrected chi connectivity index (χ1v) is 19.5. The lowest BCUT2D eigenvalue weighted by molar-refractivity contribution is -0.121. The Morgan fingerprint density at radius 2 is 1.16 bits per heavy atom. The molecule has 1 amide bonds. The van der Waals surface area contributed by atoms with Crippen molar-refractivity contribution < 1.29 is 41.8 Å². The zero-order valence-electron chi connectivity index (χ0n) is 32.2. The number of halogens is 4. The molecule has 0 aliphatic heterocycles. The molecule has 6 aromatic rings. The summed E-state index contributed by atoms with van der Waals surface area (Å²) >= 11 is 0. The molecule has 0 saturated heterocycles. The van der Waals surface area contributed by atoms with Gasteiger partial charge in [-0.2, -0.15) is 0 Å². The van der Waals surface area contributed by atoms with Crippen LogP contribution < -0.4 is 11.1 Å². The maximum absolute atomic E-state index is 14.2. The molecule has 13 nitrogen and oxygen atoms in total. The lowest BCUT2D eigenvalue weighted by Gasteiger charge is -2.15. The number of nitrogens with two attached hydrogens (primary N) is 1. The number of benzene rings is 4. The Balaban J connectivity index is 0.000000139. The van der Waals surface area contributed by atoms with Gasteiger partial charge in [-0.05, 0) is 82.0 Å². The number of aromatic carboxylic acids is 1. The molecule has 2 fully saturated rings. The third kappa shape index (κ3) is 9.16. The number of nitrogens with one attached hydrogen (secondary N) is 3. The second kappa shape index (κ2) is 17.0. The summed E-state index contributed by atoms with van der Waals surface area (Å²) in [4.78, 5) is 55.6. The third-order valence-electron chi connectivity index (χ3n) is 11.4. The summed E-state index contributed by atoms with van der Waals surface area (Å²) in [7, 11) is 0. The van der Waals surface area contributed by atoms with Crippen LogP contribution in [0.1, 0.15) is 90.9 Å². The van der Waals surface area contributed by atoms with Crippen molar-refractivity contribution in [1.82, 2.24) is 35.7 Å². The fourth-order valence-electron chi connectivity index (χ4n) is 8.16. The molecule has 10 rings (SSSR count). The number of ketones is 2. The molecular formula is C44H38F4N8O5. The minimum Gasteiger partial charge on any atom is -0.475 e. The fraction of sp³-hybridized carbons (Fsp3) is 0.273. The minimum absolute atomic E-state index is 0.00435. The van der Waals surface area contributed by atoms with Crippen molar-refractivity contribution in [2.45, 2.75) is 62.4 Å². The van der Waals surface area contributed by atoms with E-state index in [1.54, 1.807) is 0 Å². The SMILES string of the molecule is N[C@@H]1C(=O)Cc2c(F)cc(F)cc2[C@@H]2C[C@H]12.O=C(N[C@@H]1C(=O)Cc2c(F)cc(F)cc2[C@@H]2C[C@H]12)c1n[nH]c(Cc2ccccc2)n1.O=C(O)c1n[nH]c(Cc2ccccc2)n1. The highest BCUT2D eigenvalue weighted by Gasteiger charge is 2.51. The van der Waals surface area contributed by atoms with Crippen LogP contribution in [0.3, 0.4) is 0 Å². The highest BCUT2D eigenvalue weighted by molar-refractivity contribution is 5.97. The number of H-pyrrole nitrogens is 2. The van der Waals surface area contributed by atoms with Crippen molar-refractivity contribution in [3.63, 3.8) is 0 Å². The van der Waals surface area contributed by atoms with E-state index in [4.69, 9.17) is 10.8 Å². The summed E-state index contributed by atoms with van der Waals surface area (Å²) in [5, 5.41) is 24.2. The monoisotopic (exact) mass is 834 g/mol. The van der Waals surface area contributed by atoms with Crippen LogP contribution in [-0.4, -0.2) is 71.0 Å². The van der Waals surface area contributed by atoms with Crippen LogP contribution in [0.4, 0.5) is 17.6 Å². The predicted octanol–water partition coefficient (Wildman–Crippen LogP) is 5.32. The number of amides is 1. The van der Waals surface area contributed by atoms with E-state index in [2.05, 4.69) is 35.7 Å². The molecule has 0 bridgehead atoms. The fourth-order valence-corrected chi connectivity index (χ4v) is 8.16. The number of carbonyl (C=O) groups excluding carboxylic acids is 3. The van der Waals surface area contributed by atoms with Crippen molar-refractivity contribution in [3.05, 3.63) is 165 Å². The Hall–Kier alpha value is -6.88. The van der Waals surface area contributed by atoms with Crippen LogP contribution in [-0.2, 0) is 35.3 Å². The van der Waals surface area contributed by atoms with Gasteiger partial charge in [0.1, 0.15) is 34.9 Å². The highest BCUT2D eigenvalue weighted by atomic mass is 19.1. The molecule has 6 N–H and O–H groups in total. The maximum Gasteiger partial charge on any atom is 0.375 e. The molecule has 17 heteroatoms. The van der Waals surface area contributed by atoms with Gasteiger partial charge in [0.2, 0.25) is 5.82 Å². The van der Waals surface area contributed by atoms with Crippen molar-refractivity contribution in [3.8, 4) is 0 Å². The van der Waals surface area contributed by atoms with Crippen molar-refractivity contribution in [2.75, 3.05) is 0 Å². The van der Waals surface area contributed by atoms with Gasteiger partial charge in [0, 0.05) is 37.8 Å². The van der Waals surface area contributed by atoms with E-state index in [0.29, 0.717) is 47.6 Å². The molecule has 0 unspecified atom stereocenters. The number of rotatable bonds is 7. The van der Waals surface area contributed by atoms with Crippen LogP contribution in [0.2, 0.25) is 0 Å². The van der Waals surface area contributed by atoms with Gasteiger partial charge in [0.25, 0.3) is 11.7 Å². The molecular weight excluding hydrogens is 797 g/mol. The summed E-state index contributed by atoms with van der Waals surface area (Å²) in [6, 6.07) is 22.3. The van der Waals surface area contributed by atoms with Crippen LogP contribution in [0, 0.1) is 35.1 Å². The summed E-state index contributed by atoms with van der Waals surface area (Å²) in [6.07, 6.45) is 2.24. The molecule has 0 radical (unpaired) electrons. The molecule has 4 aliphatic rings. The van der Waals surface area contributed by atoms with E-state index in [1.165, 1.54) is 12.1 Å². The Morgan fingerprint density at radius 3 is 1.69 bits per heavy atom. The first kappa shape index (κ1) is 40.9. The van der Waals surface area contributed by atoms with E-state index in [1.807, 2.05) is 60.7 Å². The van der Waals surface area contributed by atoms with E-state index < -0.39 is 47.2 Å².